The number of carboxylic acids is 1. The van der Waals surface area contributed by atoms with Gasteiger partial charge in [0.25, 0.3) is 0 Å². The van der Waals surface area contributed by atoms with Crippen molar-refractivity contribution < 1.29 is 14.6 Å². The van der Waals surface area contributed by atoms with Gasteiger partial charge in [0.1, 0.15) is 5.75 Å². The minimum absolute atomic E-state index is 0.249. The van der Waals surface area contributed by atoms with E-state index < -0.39 is 5.97 Å². The first-order valence-electron chi connectivity index (χ1n) is 5.13. The van der Waals surface area contributed by atoms with Gasteiger partial charge in [0.05, 0.1) is 12.7 Å². The molecule has 0 aliphatic carbocycles. The number of carbonyl (C=O) groups is 1. The fourth-order valence-electron chi connectivity index (χ4n) is 1.41. The largest absolute Gasteiger partial charge is 0.478 e. The predicted octanol–water partition coefficient (Wildman–Crippen LogP) is 4.99. The second-order valence-electron chi connectivity index (χ2n) is 3.63. The lowest BCUT2D eigenvalue weighted by Crippen LogP contribution is -1.96. The van der Waals surface area contributed by atoms with Crippen LogP contribution in [0.5, 0.6) is 11.5 Å². The van der Waals surface area contributed by atoms with Crippen molar-refractivity contribution in [3.8, 4) is 11.5 Å². The van der Waals surface area contributed by atoms with E-state index in [2.05, 4.69) is 67.8 Å². The average molecular weight is 592 g/mol. The highest BCUT2D eigenvalue weighted by atomic mass is 127. The zero-order chi connectivity index (χ0) is 14.0. The molecule has 0 atom stereocenters. The van der Waals surface area contributed by atoms with E-state index in [0.717, 1.165) is 16.5 Å². The first-order valence-corrected chi connectivity index (χ1v) is 8.37. The van der Waals surface area contributed by atoms with Crippen LogP contribution in [0.25, 0.3) is 0 Å². The van der Waals surface area contributed by atoms with Crippen molar-refractivity contribution >= 4 is 73.7 Å². The van der Waals surface area contributed by atoms with E-state index in [0.29, 0.717) is 5.75 Å². The van der Waals surface area contributed by atoms with Crippen molar-refractivity contribution in [2.24, 2.45) is 0 Å². The lowest BCUT2D eigenvalue weighted by Gasteiger charge is -2.10. The Morgan fingerprint density at radius 3 is 2.00 bits per heavy atom. The topological polar surface area (TPSA) is 46.5 Å². The molecule has 2 rings (SSSR count). The monoisotopic (exact) mass is 592 g/mol. The molecule has 0 fully saturated rings. The molecule has 6 heteroatoms. The van der Waals surface area contributed by atoms with E-state index >= 15 is 0 Å². The zero-order valence-corrected chi connectivity index (χ0v) is 15.8. The number of rotatable bonds is 3. The second-order valence-corrected chi connectivity index (χ2v) is 7.20. The van der Waals surface area contributed by atoms with Gasteiger partial charge in [-0.3, -0.25) is 0 Å². The average Bonchev–Trinajstić information content (AvgIpc) is 2.34. The first kappa shape index (κ1) is 15.3. The van der Waals surface area contributed by atoms with Gasteiger partial charge in [-0.05, 0) is 104 Å². The van der Waals surface area contributed by atoms with E-state index in [4.69, 9.17) is 9.84 Å². The molecule has 0 aromatic heterocycles. The van der Waals surface area contributed by atoms with E-state index in [1.54, 1.807) is 12.1 Å². The Morgan fingerprint density at radius 1 is 1.00 bits per heavy atom. The molecule has 0 amide bonds. The molecule has 0 saturated heterocycles. The van der Waals surface area contributed by atoms with Crippen molar-refractivity contribution in [2.45, 2.75) is 0 Å². The molecule has 0 aliphatic heterocycles. The molecule has 0 unspecified atom stereocenters. The fraction of sp³-hybridized carbons (Fsp3) is 0. The van der Waals surface area contributed by atoms with Gasteiger partial charge in [0, 0.05) is 3.57 Å². The molecule has 0 bridgehead atoms. The van der Waals surface area contributed by atoms with Gasteiger partial charge in [-0.2, -0.15) is 0 Å². The summed E-state index contributed by atoms with van der Waals surface area (Å²) >= 11 is 6.71. The van der Waals surface area contributed by atoms with E-state index in [1.807, 2.05) is 12.1 Å². The number of ether oxygens (including phenoxy) is 1. The number of carboxylic acid groups (broad SMARTS) is 1. The normalized spacial score (nSPS) is 10.3. The van der Waals surface area contributed by atoms with Crippen molar-refractivity contribution in [1.82, 2.24) is 0 Å². The Bertz CT molecular complexity index is 601. The summed E-state index contributed by atoms with van der Waals surface area (Å²) in [6, 6.07) is 10.4. The van der Waals surface area contributed by atoms with Crippen LogP contribution in [0.2, 0.25) is 0 Å². The van der Waals surface area contributed by atoms with Crippen LogP contribution in [-0.4, -0.2) is 11.1 Å². The van der Waals surface area contributed by atoms with Gasteiger partial charge < -0.3 is 9.84 Å². The Morgan fingerprint density at radius 2 is 1.53 bits per heavy atom. The molecule has 2 aromatic carbocycles. The van der Waals surface area contributed by atoms with Crippen LogP contribution in [0.4, 0.5) is 0 Å². The Kier molecular flexibility index (Phi) is 5.29. The lowest BCUT2D eigenvalue weighted by atomic mass is 10.2. The predicted molar refractivity (Wildman–Crippen MR) is 98.1 cm³/mol. The molecule has 2 aromatic rings. The number of benzene rings is 2. The molecule has 0 heterocycles. The molecule has 0 radical (unpaired) electrons. The quantitative estimate of drug-likeness (QED) is 0.512. The number of halogens is 3. The summed E-state index contributed by atoms with van der Waals surface area (Å²) in [5.74, 6) is 0.483. The van der Waals surface area contributed by atoms with Crippen LogP contribution in [0.1, 0.15) is 10.4 Å². The molecule has 0 aliphatic rings. The van der Waals surface area contributed by atoms with Gasteiger partial charge in [-0.15, -0.1) is 0 Å². The Balaban J connectivity index is 2.29. The zero-order valence-electron chi connectivity index (χ0n) is 9.36. The van der Waals surface area contributed by atoms with E-state index in [9.17, 15) is 4.79 Å². The third-order valence-electron chi connectivity index (χ3n) is 2.28. The minimum Gasteiger partial charge on any atom is -0.478 e. The van der Waals surface area contributed by atoms with Crippen molar-refractivity contribution in [2.75, 3.05) is 0 Å². The molecule has 3 nitrogen and oxygen atoms in total. The number of hydrogen-bond acceptors (Lipinski definition) is 2. The highest BCUT2D eigenvalue weighted by Crippen LogP contribution is 2.33. The summed E-state index contributed by atoms with van der Waals surface area (Å²) < 4.78 is 9.02. The highest BCUT2D eigenvalue weighted by molar-refractivity contribution is 14.1. The molecule has 19 heavy (non-hydrogen) atoms. The molecular weight excluding hydrogens is 585 g/mol. The summed E-state index contributed by atoms with van der Waals surface area (Å²) in [6.45, 7) is 0. The van der Waals surface area contributed by atoms with Gasteiger partial charge in [-0.25, -0.2) is 4.79 Å². The maximum absolute atomic E-state index is 10.8. The fourth-order valence-corrected chi connectivity index (χ4v) is 5.21. The maximum atomic E-state index is 10.8. The Labute approximate surface area is 151 Å². The van der Waals surface area contributed by atoms with Crippen LogP contribution in [0, 0.1) is 10.7 Å². The molecule has 98 valence electrons. The van der Waals surface area contributed by atoms with E-state index in [1.165, 1.54) is 12.1 Å². The molecule has 0 saturated carbocycles. The minimum atomic E-state index is -0.940. The lowest BCUT2D eigenvalue weighted by molar-refractivity contribution is 0.0697. The SMILES string of the molecule is O=C(O)c1ccc(Oc2c(I)cc(I)cc2I)cc1. The summed E-state index contributed by atoms with van der Waals surface area (Å²) in [4.78, 5) is 10.8. The Hall–Kier alpha value is -0.1000. The maximum Gasteiger partial charge on any atom is 0.335 e. The van der Waals surface area contributed by atoms with Crippen LogP contribution in [-0.2, 0) is 0 Å². The van der Waals surface area contributed by atoms with Crippen LogP contribution >= 0.6 is 67.8 Å². The van der Waals surface area contributed by atoms with Crippen LogP contribution in [0.3, 0.4) is 0 Å². The highest BCUT2D eigenvalue weighted by Gasteiger charge is 2.10. The third kappa shape index (κ3) is 3.94. The van der Waals surface area contributed by atoms with E-state index in [-0.39, 0.29) is 5.56 Å². The van der Waals surface area contributed by atoms with Gasteiger partial charge in [-0.1, -0.05) is 0 Å². The number of aromatic carboxylic acids is 1. The first-order chi connectivity index (χ1) is 8.97. The molecule has 1 N–H and O–H groups in total. The van der Waals surface area contributed by atoms with Crippen molar-refractivity contribution in [1.29, 1.82) is 0 Å². The summed E-state index contributed by atoms with van der Waals surface area (Å²) in [5.41, 5.74) is 0.249. The van der Waals surface area contributed by atoms with Crippen LogP contribution in [0.15, 0.2) is 36.4 Å². The third-order valence-corrected chi connectivity index (χ3v) is 4.51. The van der Waals surface area contributed by atoms with Gasteiger partial charge >= 0.3 is 5.97 Å². The van der Waals surface area contributed by atoms with Crippen molar-refractivity contribution in [3.63, 3.8) is 0 Å². The van der Waals surface area contributed by atoms with Gasteiger partial charge in [0.2, 0.25) is 0 Å². The summed E-state index contributed by atoms with van der Waals surface area (Å²) in [5, 5.41) is 8.84. The smallest absolute Gasteiger partial charge is 0.335 e. The molecule has 0 spiro atoms. The standard InChI is InChI=1S/C13H7I3O3/c14-8-5-10(15)12(11(16)6-8)19-9-3-1-7(2-4-9)13(17)18/h1-6H,(H,17,18). The van der Waals surface area contributed by atoms with Crippen LogP contribution < -0.4 is 4.74 Å². The second kappa shape index (κ2) is 6.57. The van der Waals surface area contributed by atoms with Crippen molar-refractivity contribution in [3.05, 3.63) is 52.7 Å². The number of hydrogen-bond donors (Lipinski definition) is 1. The summed E-state index contributed by atoms with van der Waals surface area (Å²) in [6.07, 6.45) is 0. The summed E-state index contributed by atoms with van der Waals surface area (Å²) in [7, 11) is 0. The van der Waals surface area contributed by atoms with Gasteiger partial charge in [0.15, 0.2) is 5.75 Å². The molecular formula is C13H7I3O3.